The molecular formula is C20H29N5O. The maximum Gasteiger partial charge on any atom is 0.214 e. The molecule has 0 saturated carbocycles. The van der Waals surface area contributed by atoms with Crippen molar-refractivity contribution in [2.75, 3.05) is 26.7 Å². The maximum absolute atomic E-state index is 5.58. The second kappa shape index (κ2) is 8.85. The molecule has 0 fully saturated rings. The molecule has 0 aliphatic carbocycles. The number of rotatable bonds is 6. The minimum absolute atomic E-state index is 0.539. The van der Waals surface area contributed by atoms with Crippen molar-refractivity contribution in [1.29, 1.82) is 0 Å². The van der Waals surface area contributed by atoms with Gasteiger partial charge in [-0.05, 0) is 37.8 Å². The van der Waals surface area contributed by atoms with Crippen LogP contribution in [-0.4, -0.2) is 42.5 Å². The Morgan fingerprint density at radius 1 is 1.23 bits per heavy atom. The quantitative estimate of drug-likeness (QED) is 0.473. The van der Waals surface area contributed by atoms with Crippen LogP contribution in [0.1, 0.15) is 34.9 Å². The van der Waals surface area contributed by atoms with Crippen LogP contribution in [-0.2, 0) is 19.5 Å². The van der Waals surface area contributed by atoms with Crippen LogP contribution in [0.25, 0.3) is 0 Å². The molecule has 1 aliphatic rings. The van der Waals surface area contributed by atoms with Crippen LogP contribution in [0.15, 0.2) is 33.7 Å². The fraction of sp³-hybridized carbons (Fsp3) is 0.500. The van der Waals surface area contributed by atoms with Gasteiger partial charge in [-0.25, -0.2) is 4.98 Å². The van der Waals surface area contributed by atoms with Gasteiger partial charge in [0.25, 0.3) is 0 Å². The minimum atomic E-state index is 0.539. The van der Waals surface area contributed by atoms with Crippen LogP contribution in [0, 0.1) is 13.8 Å². The first-order chi connectivity index (χ1) is 12.7. The van der Waals surface area contributed by atoms with Gasteiger partial charge in [-0.2, -0.15) is 0 Å². The molecule has 0 radical (unpaired) electrons. The Morgan fingerprint density at radius 2 is 2.04 bits per heavy atom. The zero-order chi connectivity index (χ0) is 18.4. The third-order valence-electron chi connectivity index (χ3n) is 4.86. The van der Waals surface area contributed by atoms with Gasteiger partial charge in [0.2, 0.25) is 5.89 Å². The zero-order valence-corrected chi connectivity index (χ0v) is 16.0. The molecule has 2 N–H and O–H groups in total. The highest BCUT2D eigenvalue weighted by atomic mass is 16.4. The second-order valence-electron chi connectivity index (χ2n) is 6.75. The first kappa shape index (κ1) is 18.5. The Balaban J connectivity index is 1.36. The maximum atomic E-state index is 5.58. The molecule has 0 saturated heterocycles. The van der Waals surface area contributed by atoms with Crippen LogP contribution in [0.4, 0.5) is 0 Å². The third kappa shape index (κ3) is 4.85. The Hall–Kier alpha value is -2.34. The van der Waals surface area contributed by atoms with Crippen molar-refractivity contribution in [2.45, 2.75) is 39.8 Å². The van der Waals surface area contributed by atoms with Gasteiger partial charge >= 0.3 is 0 Å². The highest BCUT2D eigenvalue weighted by Crippen LogP contribution is 2.18. The SMILES string of the molecule is CN=C(NCCCN1CCc2ccccc2C1)NCc1nc(C)c(C)o1. The van der Waals surface area contributed by atoms with Crippen LogP contribution in [0.5, 0.6) is 0 Å². The molecule has 140 valence electrons. The topological polar surface area (TPSA) is 65.7 Å². The van der Waals surface area contributed by atoms with Gasteiger partial charge in [-0.3, -0.25) is 9.89 Å². The summed E-state index contributed by atoms with van der Waals surface area (Å²) >= 11 is 0. The summed E-state index contributed by atoms with van der Waals surface area (Å²) in [5.41, 5.74) is 3.91. The molecule has 3 rings (SSSR count). The fourth-order valence-electron chi connectivity index (χ4n) is 3.25. The molecule has 0 bridgehead atoms. The van der Waals surface area contributed by atoms with E-state index in [1.165, 1.54) is 11.1 Å². The molecule has 0 amide bonds. The molecule has 1 aliphatic heterocycles. The Morgan fingerprint density at radius 3 is 2.77 bits per heavy atom. The summed E-state index contributed by atoms with van der Waals surface area (Å²) in [6.07, 6.45) is 2.24. The average molecular weight is 355 g/mol. The lowest BCUT2D eigenvalue weighted by Crippen LogP contribution is -2.39. The number of fused-ring (bicyclic) bond motifs is 1. The van der Waals surface area contributed by atoms with E-state index in [-0.39, 0.29) is 0 Å². The van der Waals surface area contributed by atoms with Gasteiger partial charge in [0.15, 0.2) is 5.96 Å². The molecule has 1 aromatic carbocycles. The van der Waals surface area contributed by atoms with E-state index in [0.29, 0.717) is 12.4 Å². The van der Waals surface area contributed by atoms with E-state index in [9.17, 15) is 0 Å². The molecule has 26 heavy (non-hydrogen) atoms. The molecule has 2 heterocycles. The zero-order valence-electron chi connectivity index (χ0n) is 16.0. The van der Waals surface area contributed by atoms with Crippen molar-refractivity contribution in [3.05, 3.63) is 52.7 Å². The first-order valence-corrected chi connectivity index (χ1v) is 9.32. The number of aromatic nitrogens is 1. The van der Waals surface area contributed by atoms with E-state index in [0.717, 1.165) is 56.4 Å². The number of aliphatic imine (C=N–C) groups is 1. The number of aryl methyl sites for hydroxylation is 2. The van der Waals surface area contributed by atoms with Gasteiger partial charge < -0.3 is 15.1 Å². The Bertz CT molecular complexity index is 733. The first-order valence-electron chi connectivity index (χ1n) is 9.32. The predicted molar refractivity (Wildman–Crippen MR) is 104 cm³/mol. The van der Waals surface area contributed by atoms with E-state index >= 15 is 0 Å². The summed E-state index contributed by atoms with van der Waals surface area (Å²) in [5.74, 6) is 2.34. The lowest BCUT2D eigenvalue weighted by Gasteiger charge is -2.28. The summed E-state index contributed by atoms with van der Waals surface area (Å²) in [7, 11) is 1.78. The number of nitrogens with one attached hydrogen (secondary N) is 2. The fourth-order valence-corrected chi connectivity index (χ4v) is 3.25. The molecular weight excluding hydrogens is 326 g/mol. The molecule has 1 aromatic heterocycles. The highest BCUT2D eigenvalue weighted by Gasteiger charge is 2.14. The van der Waals surface area contributed by atoms with E-state index in [1.807, 2.05) is 13.8 Å². The van der Waals surface area contributed by atoms with Crippen molar-refractivity contribution in [2.24, 2.45) is 4.99 Å². The predicted octanol–water partition coefficient (Wildman–Crippen LogP) is 2.40. The van der Waals surface area contributed by atoms with Gasteiger partial charge in [-0.1, -0.05) is 24.3 Å². The molecule has 6 heteroatoms. The van der Waals surface area contributed by atoms with E-state index < -0.39 is 0 Å². The molecule has 0 spiro atoms. The Kier molecular flexibility index (Phi) is 6.28. The Labute approximate surface area is 155 Å². The largest absolute Gasteiger partial charge is 0.444 e. The van der Waals surface area contributed by atoms with Gasteiger partial charge in [0.1, 0.15) is 5.76 Å². The van der Waals surface area contributed by atoms with Gasteiger partial charge in [0, 0.05) is 33.2 Å². The lowest BCUT2D eigenvalue weighted by molar-refractivity contribution is 0.251. The van der Waals surface area contributed by atoms with Crippen molar-refractivity contribution >= 4 is 5.96 Å². The summed E-state index contributed by atoms with van der Waals surface area (Å²) in [6.45, 7) is 8.61. The second-order valence-corrected chi connectivity index (χ2v) is 6.75. The van der Waals surface area contributed by atoms with E-state index in [2.05, 4.69) is 49.8 Å². The summed E-state index contributed by atoms with van der Waals surface area (Å²) < 4.78 is 5.58. The van der Waals surface area contributed by atoms with Crippen molar-refractivity contribution in [3.63, 3.8) is 0 Å². The van der Waals surface area contributed by atoms with Crippen molar-refractivity contribution in [1.82, 2.24) is 20.5 Å². The average Bonchev–Trinajstić information content (AvgIpc) is 2.98. The number of hydrogen-bond donors (Lipinski definition) is 2. The summed E-state index contributed by atoms with van der Waals surface area (Å²) in [6, 6.07) is 8.77. The normalized spacial score (nSPS) is 15.0. The minimum Gasteiger partial charge on any atom is -0.444 e. The standard InChI is InChI=1S/C20H29N5O/c1-15-16(2)26-19(24-15)13-23-20(21-3)22-10-6-11-25-12-9-17-7-4-5-8-18(17)14-25/h4-5,7-8H,6,9-14H2,1-3H3,(H2,21,22,23). The van der Waals surface area contributed by atoms with Crippen molar-refractivity contribution < 1.29 is 4.42 Å². The van der Waals surface area contributed by atoms with Crippen LogP contribution in [0.3, 0.4) is 0 Å². The molecule has 0 atom stereocenters. The summed E-state index contributed by atoms with van der Waals surface area (Å²) in [4.78, 5) is 11.2. The third-order valence-corrected chi connectivity index (χ3v) is 4.86. The number of guanidine groups is 1. The van der Waals surface area contributed by atoms with Crippen molar-refractivity contribution in [3.8, 4) is 0 Å². The number of oxazole rings is 1. The highest BCUT2D eigenvalue weighted by molar-refractivity contribution is 5.79. The monoisotopic (exact) mass is 355 g/mol. The van der Waals surface area contributed by atoms with E-state index in [1.54, 1.807) is 7.05 Å². The smallest absolute Gasteiger partial charge is 0.214 e. The lowest BCUT2D eigenvalue weighted by atomic mass is 10.00. The summed E-state index contributed by atoms with van der Waals surface area (Å²) in [5, 5.41) is 6.61. The van der Waals surface area contributed by atoms with Gasteiger partial charge in [-0.15, -0.1) is 0 Å². The van der Waals surface area contributed by atoms with Gasteiger partial charge in [0.05, 0.1) is 12.2 Å². The van der Waals surface area contributed by atoms with E-state index in [4.69, 9.17) is 4.42 Å². The van der Waals surface area contributed by atoms with Crippen LogP contribution in [0.2, 0.25) is 0 Å². The molecule has 0 unspecified atom stereocenters. The number of nitrogens with zero attached hydrogens (tertiary/aromatic N) is 3. The van der Waals surface area contributed by atoms with Crippen LogP contribution < -0.4 is 10.6 Å². The molecule has 6 nitrogen and oxygen atoms in total. The number of hydrogen-bond acceptors (Lipinski definition) is 4. The van der Waals surface area contributed by atoms with Crippen LogP contribution >= 0.6 is 0 Å². The number of benzene rings is 1. The molecule has 2 aromatic rings.